The maximum absolute atomic E-state index is 12.5. The Morgan fingerprint density at radius 1 is 1.14 bits per heavy atom. The summed E-state index contributed by atoms with van der Waals surface area (Å²) in [6.07, 6.45) is 0.708. The van der Waals surface area contributed by atoms with Crippen molar-refractivity contribution in [3.8, 4) is 11.5 Å². The van der Waals surface area contributed by atoms with Gasteiger partial charge >= 0.3 is 6.61 Å². The maximum atomic E-state index is 12.5. The molecular formula is C20H23ClF2N2O3. The number of nitrogens with zero attached hydrogens (tertiary/aromatic N) is 1. The van der Waals surface area contributed by atoms with Crippen molar-refractivity contribution in [2.75, 3.05) is 27.2 Å². The first kappa shape index (κ1) is 21.9. The molecular weight excluding hydrogens is 390 g/mol. The summed E-state index contributed by atoms with van der Waals surface area (Å²) < 4.78 is 34.5. The summed E-state index contributed by atoms with van der Waals surface area (Å²) in [7, 11) is 3.16. The van der Waals surface area contributed by atoms with Gasteiger partial charge in [0.05, 0.1) is 13.7 Å². The van der Waals surface area contributed by atoms with Gasteiger partial charge in [-0.3, -0.25) is 9.69 Å². The molecule has 0 aliphatic carbocycles. The summed E-state index contributed by atoms with van der Waals surface area (Å²) in [4.78, 5) is 13.9. The molecule has 5 nitrogen and oxygen atoms in total. The molecule has 0 fully saturated rings. The first-order valence-electron chi connectivity index (χ1n) is 8.69. The van der Waals surface area contributed by atoms with Crippen molar-refractivity contribution in [1.82, 2.24) is 10.2 Å². The molecule has 0 bridgehead atoms. The van der Waals surface area contributed by atoms with Crippen LogP contribution in [0.25, 0.3) is 0 Å². The Labute approximate surface area is 168 Å². The monoisotopic (exact) mass is 412 g/mol. The molecule has 152 valence electrons. The Bertz CT molecular complexity index is 773. The van der Waals surface area contributed by atoms with E-state index in [-0.39, 0.29) is 24.0 Å². The van der Waals surface area contributed by atoms with Crippen LogP contribution in [0, 0.1) is 0 Å². The first-order valence-corrected chi connectivity index (χ1v) is 9.06. The molecule has 2 rings (SSSR count). The maximum Gasteiger partial charge on any atom is 0.387 e. The van der Waals surface area contributed by atoms with Gasteiger partial charge in [0.25, 0.3) is 0 Å². The summed E-state index contributed by atoms with van der Waals surface area (Å²) in [6, 6.07) is 12.3. The average Bonchev–Trinajstić information content (AvgIpc) is 2.63. The Morgan fingerprint density at radius 3 is 2.46 bits per heavy atom. The normalized spacial score (nSPS) is 11.0. The third-order valence-electron chi connectivity index (χ3n) is 3.96. The van der Waals surface area contributed by atoms with E-state index in [0.717, 1.165) is 11.1 Å². The molecule has 28 heavy (non-hydrogen) atoms. The van der Waals surface area contributed by atoms with Gasteiger partial charge in [-0.2, -0.15) is 8.78 Å². The second-order valence-corrected chi connectivity index (χ2v) is 6.70. The number of methoxy groups -OCH3 is 1. The van der Waals surface area contributed by atoms with Gasteiger partial charge in [-0.25, -0.2) is 0 Å². The van der Waals surface area contributed by atoms with Crippen molar-refractivity contribution < 1.29 is 23.0 Å². The number of carbonyl (C=O) groups excluding carboxylic acids is 1. The zero-order chi connectivity index (χ0) is 20.5. The highest BCUT2D eigenvalue weighted by Crippen LogP contribution is 2.29. The van der Waals surface area contributed by atoms with E-state index in [1.165, 1.54) is 13.2 Å². The zero-order valence-corrected chi connectivity index (χ0v) is 16.5. The SMILES string of the molecule is COc1ccc(CN(C)CC(=O)NCCc2ccc(Cl)cc2)cc1OC(F)F. The minimum absolute atomic E-state index is 0.0317. The lowest BCUT2D eigenvalue weighted by molar-refractivity contribution is -0.122. The van der Waals surface area contributed by atoms with Crippen LogP contribution < -0.4 is 14.8 Å². The Morgan fingerprint density at radius 2 is 1.82 bits per heavy atom. The number of benzene rings is 2. The highest BCUT2D eigenvalue weighted by atomic mass is 35.5. The highest BCUT2D eigenvalue weighted by molar-refractivity contribution is 6.30. The molecule has 0 aliphatic rings. The van der Waals surface area contributed by atoms with E-state index in [1.807, 2.05) is 24.3 Å². The van der Waals surface area contributed by atoms with Crippen LogP contribution in [0.4, 0.5) is 8.78 Å². The van der Waals surface area contributed by atoms with Gasteiger partial charge in [-0.1, -0.05) is 29.8 Å². The van der Waals surface area contributed by atoms with E-state index in [1.54, 1.807) is 24.1 Å². The number of nitrogens with one attached hydrogen (secondary N) is 1. The third kappa shape index (κ3) is 7.32. The predicted molar refractivity (Wildman–Crippen MR) is 104 cm³/mol. The molecule has 1 amide bonds. The van der Waals surface area contributed by atoms with Crippen LogP contribution in [0.2, 0.25) is 5.02 Å². The van der Waals surface area contributed by atoms with Crippen LogP contribution in [-0.4, -0.2) is 44.7 Å². The number of carbonyl (C=O) groups is 1. The number of alkyl halides is 2. The van der Waals surface area contributed by atoms with Crippen molar-refractivity contribution in [2.24, 2.45) is 0 Å². The van der Waals surface area contributed by atoms with Gasteiger partial charge in [-0.15, -0.1) is 0 Å². The van der Waals surface area contributed by atoms with Gasteiger partial charge in [0.15, 0.2) is 11.5 Å². The predicted octanol–water partition coefficient (Wildman–Crippen LogP) is 3.74. The molecule has 8 heteroatoms. The summed E-state index contributed by atoms with van der Waals surface area (Å²) in [6.45, 7) is -1.84. The summed E-state index contributed by atoms with van der Waals surface area (Å²) in [5.74, 6) is 0.0801. The molecule has 0 spiro atoms. The van der Waals surface area contributed by atoms with Crippen molar-refractivity contribution in [1.29, 1.82) is 0 Å². The van der Waals surface area contributed by atoms with E-state index >= 15 is 0 Å². The van der Waals surface area contributed by atoms with Crippen LogP contribution in [-0.2, 0) is 17.8 Å². The van der Waals surface area contributed by atoms with Crippen LogP contribution in [0.5, 0.6) is 11.5 Å². The Kier molecular flexibility index (Phi) is 8.47. The second-order valence-electron chi connectivity index (χ2n) is 6.26. The number of hydrogen-bond donors (Lipinski definition) is 1. The van der Waals surface area contributed by atoms with Gasteiger partial charge in [-0.05, 0) is 48.9 Å². The quantitative estimate of drug-likeness (QED) is 0.646. The number of halogens is 3. The van der Waals surface area contributed by atoms with Crippen molar-refractivity contribution in [3.63, 3.8) is 0 Å². The number of ether oxygens (including phenoxy) is 2. The Hall–Kier alpha value is -2.38. The largest absolute Gasteiger partial charge is 0.493 e. The lowest BCUT2D eigenvalue weighted by Gasteiger charge is -2.18. The topological polar surface area (TPSA) is 50.8 Å². The van der Waals surface area contributed by atoms with E-state index in [4.69, 9.17) is 16.3 Å². The molecule has 0 aromatic heterocycles. The summed E-state index contributed by atoms with van der Waals surface area (Å²) in [5.41, 5.74) is 1.82. The molecule has 0 saturated heterocycles. The molecule has 0 unspecified atom stereocenters. The number of hydrogen-bond acceptors (Lipinski definition) is 4. The third-order valence-corrected chi connectivity index (χ3v) is 4.21. The van der Waals surface area contributed by atoms with Gasteiger partial charge in [0.2, 0.25) is 5.91 Å². The minimum atomic E-state index is -2.94. The van der Waals surface area contributed by atoms with Gasteiger partial charge < -0.3 is 14.8 Å². The molecule has 0 saturated carbocycles. The van der Waals surface area contributed by atoms with Gasteiger partial charge in [0.1, 0.15) is 0 Å². The van der Waals surface area contributed by atoms with E-state index in [2.05, 4.69) is 10.1 Å². The van der Waals surface area contributed by atoms with E-state index < -0.39 is 6.61 Å². The molecule has 0 radical (unpaired) electrons. The standard InChI is InChI=1S/C20H23ClF2N2O3/c1-25(12-15-5-8-17(27-2)18(11-15)28-20(22)23)13-19(26)24-10-9-14-3-6-16(21)7-4-14/h3-8,11,20H,9-10,12-13H2,1-2H3,(H,24,26). The fourth-order valence-corrected chi connectivity index (χ4v) is 2.80. The van der Waals surface area contributed by atoms with Crippen molar-refractivity contribution in [3.05, 3.63) is 58.6 Å². The molecule has 2 aromatic rings. The second kappa shape index (κ2) is 10.8. The number of likely N-dealkylation sites (N-methyl/N-ethyl adjacent to an activating group) is 1. The van der Waals surface area contributed by atoms with Crippen molar-refractivity contribution >= 4 is 17.5 Å². The fourth-order valence-electron chi connectivity index (χ4n) is 2.67. The molecule has 1 N–H and O–H groups in total. The average molecular weight is 413 g/mol. The Balaban J connectivity index is 1.81. The summed E-state index contributed by atoms with van der Waals surface area (Å²) >= 11 is 5.84. The molecule has 0 atom stereocenters. The van der Waals surface area contributed by atoms with Crippen LogP contribution >= 0.6 is 11.6 Å². The van der Waals surface area contributed by atoms with Crippen molar-refractivity contribution in [2.45, 2.75) is 19.6 Å². The van der Waals surface area contributed by atoms with E-state index in [0.29, 0.717) is 24.5 Å². The van der Waals surface area contributed by atoms with Crippen LogP contribution in [0.15, 0.2) is 42.5 Å². The minimum Gasteiger partial charge on any atom is -0.493 e. The highest BCUT2D eigenvalue weighted by Gasteiger charge is 2.13. The smallest absolute Gasteiger partial charge is 0.387 e. The van der Waals surface area contributed by atoms with Crippen LogP contribution in [0.1, 0.15) is 11.1 Å². The first-order chi connectivity index (χ1) is 13.4. The lowest BCUT2D eigenvalue weighted by atomic mass is 10.1. The fraction of sp³-hybridized carbons (Fsp3) is 0.350. The molecule has 0 heterocycles. The zero-order valence-electron chi connectivity index (χ0n) is 15.8. The van der Waals surface area contributed by atoms with E-state index in [9.17, 15) is 13.6 Å². The molecule has 2 aromatic carbocycles. The van der Waals surface area contributed by atoms with Gasteiger partial charge in [0, 0.05) is 18.1 Å². The number of amides is 1. The lowest BCUT2D eigenvalue weighted by Crippen LogP contribution is -2.35. The molecule has 0 aliphatic heterocycles. The summed E-state index contributed by atoms with van der Waals surface area (Å²) in [5, 5.41) is 3.54. The number of rotatable bonds is 10. The van der Waals surface area contributed by atoms with Crippen LogP contribution in [0.3, 0.4) is 0 Å².